The van der Waals surface area contributed by atoms with E-state index >= 15 is 0 Å². The Morgan fingerprint density at radius 2 is 1.94 bits per heavy atom. The highest BCUT2D eigenvalue weighted by atomic mass is 127. The van der Waals surface area contributed by atoms with Gasteiger partial charge in [-0.2, -0.15) is 0 Å². The Kier molecular flexibility index (Phi) is 9.95. The molecule has 1 unspecified atom stereocenters. The summed E-state index contributed by atoms with van der Waals surface area (Å²) in [4.78, 5) is 27.0. The Morgan fingerprint density at radius 1 is 1.29 bits per heavy atom. The summed E-state index contributed by atoms with van der Waals surface area (Å²) < 4.78 is 6.21. The van der Waals surface area contributed by atoms with Gasteiger partial charge in [0.05, 0.1) is 3.70 Å². The zero-order valence-electron chi connectivity index (χ0n) is 21.1. The number of carboxylic acids is 1. The fourth-order valence-corrected chi connectivity index (χ4v) is 5.01. The number of thioether (sulfide) groups is 1. The molecule has 2 rings (SSSR count). The van der Waals surface area contributed by atoms with Gasteiger partial charge in [-0.3, -0.25) is 0 Å². The Labute approximate surface area is 224 Å². The smallest absolute Gasteiger partial charge is 0.408 e. The van der Waals surface area contributed by atoms with Gasteiger partial charge in [0.2, 0.25) is 0 Å². The molecular weight excluding hydrogens is 581 g/mol. The van der Waals surface area contributed by atoms with Crippen molar-refractivity contribution >= 4 is 63.0 Å². The lowest BCUT2D eigenvalue weighted by atomic mass is 9.86. The Morgan fingerprint density at radius 3 is 2.51 bits per heavy atom. The quantitative estimate of drug-likeness (QED) is 0.235. The van der Waals surface area contributed by atoms with Crippen molar-refractivity contribution in [1.29, 1.82) is 0 Å². The molecule has 0 saturated heterocycles. The minimum absolute atomic E-state index is 0.0894. The van der Waals surface area contributed by atoms with E-state index < -0.39 is 23.7 Å². The largest absolute Gasteiger partial charge is 0.480 e. The van der Waals surface area contributed by atoms with E-state index in [2.05, 4.69) is 32.9 Å². The summed E-state index contributed by atoms with van der Waals surface area (Å²) in [6, 6.07) is 4.90. The van der Waals surface area contributed by atoms with Crippen molar-refractivity contribution in [1.82, 2.24) is 10.3 Å². The summed E-state index contributed by atoms with van der Waals surface area (Å²) in [6.45, 7) is 11.2. The molecule has 2 aromatic rings. The number of nitrogens with two attached hydrogens (primary N) is 1. The molecule has 0 aliphatic rings. The lowest BCUT2D eigenvalue weighted by Gasteiger charge is -2.23. The second-order valence-corrected chi connectivity index (χ2v) is 12.9. The van der Waals surface area contributed by atoms with Crippen molar-refractivity contribution in [2.75, 3.05) is 6.61 Å². The SMILES string of the molecule is CC(C[C@H](NC(=O)OC(C)(C)C)C(=O)O)S/C=C(\N)c1ccc2[nH]c(I)c(CC(C)(C)CO)c2c1. The molecule has 0 radical (unpaired) electrons. The van der Waals surface area contributed by atoms with Crippen LogP contribution >= 0.6 is 34.4 Å². The maximum atomic E-state index is 12.0. The maximum absolute atomic E-state index is 12.0. The van der Waals surface area contributed by atoms with E-state index in [4.69, 9.17) is 10.5 Å². The average Bonchev–Trinajstić information content (AvgIpc) is 3.04. The molecule has 1 aromatic carbocycles. The number of H-pyrrole nitrogens is 1. The van der Waals surface area contributed by atoms with Crippen LogP contribution in [0.1, 0.15) is 59.1 Å². The number of aromatic amines is 1. The lowest BCUT2D eigenvalue weighted by molar-refractivity contribution is -0.139. The van der Waals surface area contributed by atoms with Crippen LogP contribution in [-0.4, -0.2) is 50.8 Å². The molecule has 6 N–H and O–H groups in total. The highest BCUT2D eigenvalue weighted by Crippen LogP contribution is 2.32. The predicted molar refractivity (Wildman–Crippen MR) is 150 cm³/mol. The number of carboxylic acid groups (broad SMARTS) is 1. The summed E-state index contributed by atoms with van der Waals surface area (Å²) in [6.07, 6.45) is 0.173. The van der Waals surface area contributed by atoms with Crippen LogP contribution in [0.5, 0.6) is 0 Å². The number of aliphatic hydroxyl groups is 1. The zero-order chi connectivity index (χ0) is 26.6. The number of halogens is 1. The van der Waals surface area contributed by atoms with Gasteiger partial charge in [0.15, 0.2) is 0 Å². The van der Waals surface area contributed by atoms with E-state index in [1.54, 1.807) is 20.8 Å². The van der Waals surface area contributed by atoms with Crippen molar-refractivity contribution in [2.45, 2.75) is 71.3 Å². The molecule has 2 atom stereocenters. The highest BCUT2D eigenvalue weighted by molar-refractivity contribution is 14.1. The number of rotatable bonds is 10. The third-order valence-corrected chi connectivity index (χ3v) is 7.22. The third kappa shape index (κ3) is 8.91. The van der Waals surface area contributed by atoms with Gasteiger partial charge in [-0.25, -0.2) is 9.59 Å². The van der Waals surface area contributed by atoms with Crippen LogP contribution in [-0.2, 0) is 16.0 Å². The summed E-state index contributed by atoms with van der Waals surface area (Å²) in [5.41, 5.74) is 8.99. The van der Waals surface area contributed by atoms with Crippen LogP contribution in [0.2, 0.25) is 0 Å². The molecule has 10 heteroatoms. The van der Waals surface area contributed by atoms with E-state index in [-0.39, 0.29) is 23.7 Å². The number of amides is 1. The number of benzene rings is 1. The molecule has 0 bridgehead atoms. The molecule has 0 saturated carbocycles. The van der Waals surface area contributed by atoms with Crippen molar-refractivity contribution in [2.24, 2.45) is 11.1 Å². The van der Waals surface area contributed by atoms with Gasteiger partial charge in [0, 0.05) is 28.5 Å². The van der Waals surface area contributed by atoms with Crippen LogP contribution in [0.3, 0.4) is 0 Å². The number of carbonyl (C=O) groups is 2. The molecule has 35 heavy (non-hydrogen) atoms. The van der Waals surface area contributed by atoms with Crippen LogP contribution < -0.4 is 11.1 Å². The maximum Gasteiger partial charge on any atom is 0.408 e. The highest BCUT2D eigenvalue weighted by Gasteiger charge is 2.26. The summed E-state index contributed by atoms with van der Waals surface area (Å²) in [7, 11) is 0. The number of aliphatic carboxylic acids is 1. The summed E-state index contributed by atoms with van der Waals surface area (Å²) >= 11 is 3.69. The summed E-state index contributed by atoms with van der Waals surface area (Å²) in [5.74, 6) is -1.12. The van der Waals surface area contributed by atoms with Crippen LogP contribution in [0.15, 0.2) is 23.6 Å². The fraction of sp³-hybridized carbons (Fsp3) is 0.520. The van der Waals surface area contributed by atoms with E-state index in [0.717, 1.165) is 32.2 Å². The molecule has 0 aliphatic carbocycles. The van der Waals surface area contributed by atoms with Gasteiger partial charge >= 0.3 is 12.1 Å². The second-order valence-electron chi connectivity index (χ2n) is 10.5. The van der Waals surface area contributed by atoms with Crippen molar-refractivity contribution in [3.8, 4) is 0 Å². The van der Waals surface area contributed by atoms with Gasteiger partial charge < -0.3 is 31.0 Å². The van der Waals surface area contributed by atoms with E-state index in [1.165, 1.54) is 11.8 Å². The molecule has 1 amide bonds. The van der Waals surface area contributed by atoms with E-state index in [9.17, 15) is 19.8 Å². The standard InChI is InChI=1S/C25H36IN3O5S/c1-14(9-20(22(31)32)29-23(33)34-24(2,3)4)35-12-18(27)15-7-8-19-16(10-15)17(21(26)28-19)11-25(5,6)13-30/h7-8,10,12,14,20,28,30H,9,11,13,27H2,1-6H3,(H,29,33)(H,31,32)/b18-12-/t14?,20-/m0/s1. The number of ether oxygens (including phenoxy) is 1. The normalized spacial score (nSPS) is 14.6. The molecule has 1 aromatic heterocycles. The molecular formula is C25H36IN3O5S. The molecule has 194 valence electrons. The first-order valence-electron chi connectivity index (χ1n) is 11.4. The van der Waals surface area contributed by atoms with Gasteiger partial charge in [-0.1, -0.05) is 26.8 Å². The Hall–Kier alpha value is -1.92. The van der Waals surface area contributed by atoms with Crippen LogP contribution in [0.4, 0.5) is 4.79 Å². The number of hydrogen-bond acceptors (Lipinski definition) is 6. The lowest BCUT2D eigenvalue weighted by Crippen LogP contribution is -2.44. The topological polar surface area (TPSA) is 138 Å². The van der Waals surface area contributed by atoms with Gasteiger partial charge in [0.1, 0.15) is 11.6 Å². The van der Waals surface area contributed by atoms with E-state index in [0.29, 0.717) is 5.70 Å². The minimum Gasteiger partial charge on any atom is -0.480 e. The number of carbonyl (C=O) groups excluding carboxylic acids is 1. The Bertz CT molecular complexity index is 1090. The molecule has 1 heterocycles. The van der Waals surface area contributed by atoms with Gasteiger partial charge in [-0.15, -0.1) is 11.8 Å². The molecule has 0 aliphatic heterocycles. The van der Waals surface area contributed by atoms with Gasteiger partial charge in [0.25, 0.3) is 0 Å². The molecule has 8 nitrogen and oxygen atoms in total. The first-order chi connectivity index (χ1) is 16.1. The summed E-state index contributed by atoms with van der Waals surface area (Å²) in [5, 5.41) is 24.4. The number of aliphatic hydroxyl groups excluding tert-OH is 1. The van der Waals surface area contributed by atoms with Gasteiger partial charge in [-0.05, 0) is 90.3 Å². The van der Waals surface area contributed by atoms with Crippen LogP contribution in [0, 0.1) is 9.12 Å². The Balaban J connectivity index is 2.13. The van der Waals surface area contributed by atoms with Crippen molar-refractivity contribution in [3.05, 3.63) is 38.4 Å². The number of aromatic nitrogens is 1. The predicted octanol–water partition coefficient (Wildman–Crippen LogP) is 5.08. The molecule has 0 spiro atoms. The number of fused-ring (bicyclic) bond motifs is 1. The zero-order valence-corrected chi connectivity index (χ0v) is 24.0. The van der Waals surface area contributed by atoms with Crippen LogP contribution in [0.25, 0.3) is 16.6 Å². The first kappa shape index (κ1) is 29.3. The number of hydrogen-bond donors (Lipinski definition) is 5. The third-order valence-electron chi connectivity index (χ3n) is 5.25. The first-order valence-corrected chi connectivity index (χ1v) is 13.4. The van der Waals surface area contributed by atoms with Crippen molar-refractivity contribution < 1.29 is 24.5 Å². The fourth-order valence-electron chi connectivity index (χ4n) is 3.42. The average molecular weight is 618 g/mol. The monoisotopic (exact) mass is 617 g/mol. The molecule has 0 fully saturated rings. The second kappa shape index (κ2) is 11.9. The number of nitrogens with one attached hydrogen (secondary N) is 2. The number of alkyl carbamates (subject to hydrolysis) is 1. The minimum atomic E-state index is -1.12. The van der Waals surface area contributed by atoms with E-state index in [1.807, 2.05) is 44.4 Å². The van der Waals surface area contributed by atoms with Crippen molar-refractivity contribution in [3.63, 3.8) is 0 Å².